The molecule has 1 aromatic heterocycles. The fourth-order valence-electron chi connectivity index (χ4n) is 2.37. The number of aromatic nitrogens is 1. The van der Waals surface area contributed by atoms with Crippen molar-refractivity contribution in [3.8, 4) is 0 Å². The molecule has 0 bridgehead atoms. The van der Waals surface area contributed by atoms with Crippen LogP contribution in [0.1, 0.15) is 35.9 Å². The van der Waals surface area contributed by atoms with Gasteiger partial charge in [0, 0.05) is 23.7 Å². The molecule has 1 saturated carbocycles. The number of hydrogen-bond acceptors (Lipinski definition) is 3. The van der Waals surface area contributed by atoms with E-state index in [0.717, 1.165) is 28.9 Å². The minimum atomic E-state index is 0.384. The molecule has 0 aliphatic heterocycles. The van der Waals surface area contributed by atoms with Crippen molar-refractivity contribution in [2.24, 2.45) is 5.92 Å². The second kappa shape index (κ2) is 5.35. The lowest BCUT2D eigenvalue weighted by Gasteiger charge is -2.18. The molecule has 1 aliphatic rings. The van der Waals surface area contributed by atoms with Gasteiger partial charge in [-0.15, -0.1) is 0 Å². The van der Waals surface area contributed by atoms with Crippen molar-refractivity contribution < 1.29 is 4.52 Å². The van der Waals surface area contributed by atoms with Crippen molar-refractivity contribution >= 4 is 11.6 Å². The Hall–Kier alpha value is -1.32. The van der Waals surface area contributed by atoms with Gasteiger partial charge in [-0.1, -0.05) is 28.9 Å². The topological polar surface area (TPSA) is 38.1 Å². The Morgan fingerprint density at radius 2 is 2.11 bits per heavy atom. The first kappa shape index (κ1) is 12.7. The van der Waals surface area contributed by atoms with Crippen LogP contribution in [0.5, 0.6) is 0 Å². The Balaban J connectivity index is 1.69. The van der Waals surface area contributed by atoms with Crippen LogP contribution in [0.15, 0.2) is 34.9 Å². The van der Waals surface area contributed by atoms with E-state index < -0.39 is 0 Å². The van der Waals surface area contributed by atoms with Gasteiger partial charge in [-0.05, 0) is 43.4 Å². The number of nitrogens with one attached hydrogen (secondary N) is 1. The third kappa shape index (κ3) is 3.17. The molecule has 1 atom stereocenters. The van der Waals surface area contributed by atoms with Gasteiger partial charge in [0.05, 0.1) is 5.69 Å². The molecule has 0 amide bonds. The summed E-state index contributed by atoms with van der Waals surface area (Å²) in [4.78, 5) is 0. The van der Waals surface area contributed by atoms with Gasteiger partial charge < -0.3 is 9.84 Å². The first-order valence-corrected chi connectivity index (χ1v) is 7.01. The molecule has 1 aliphatic carbocycles. The highest BCUT2D eigenvalue weighted by molar-refractivity contribution is 6.30. The quantitative estimate of drug-likeness (QED) is 0.901. The molecule has 100 valence electrons. The van der Waals surface area contributed by atoms with E-state index >= 15 is 0 Å². The van der Waals surface area contributed by atoms with Crippen LogP contribution in [0.4, 0.5) is 0 Å². The van der Waals surface area contributed by atoms with Crippen LogP contribution in [-0.2, 0) is 6.54 Å². The zero-order valence-electron chi connectivity index (χ0n) is 10.9. The van der Waals surface area contributed by atoms with Gasteiger partial charge >= 0.3 is 0 Å². The van der Waals surface area contributed by atoms with E-state index in [-0.39, 0.29) is 0 Å². The van der Waals surface area contributed by atoms with E-state index in [1.54, 1.807) is 0 Å². The summed E-state index contributed by atoms with van der Waals surface area (Å²) in [5, 5.41) is 8.38. The lowest BCUT2D eigenvalue weighted by atomic mass is 10.0. The van der Waals surface area contributed by atoms with Crippen LogP contribution in [0.3, 0.4) is 0 Å². The maximum atomic E-state index is 5.94. The van der Waals surface area contributed by atoms with Gasteiger partial charge in [0.1, 0.15) is 5.76 Å². The summed E-state index contributed by atoms with van der Waals surface area (Å²) in [5.74, 6) is 1.58. The van der Waals surface area contributed by atoms with Crippen molar-refractivity contribution in [3.05, 3.63) is 52.4 Å². The highest BCUT2D eigenvalue weighted by atomic mass is 35.5. The van der Waals surface area contributed by atoms with Crippen molar-refractivity contribution in [3.63, 3.8) is 0 Å². The highest BCUT2D eigenvalue weighted by Crippen LogP contribution is 2.41. The Kier molecular flexibility index (Phi) is 3.58. The van der Waals surface area contributed by atoms with Crippen LogP contribution < -0.4 is 5.32 Å². The number of benzene rings is 1. The fourth-order valence-corrected chi connectivity index (χ4v) is 2.50. The second-order valence-corrected chi connectivity index (χ2v) is 5.61. The van der Waals surface area contributed by atoms with Crippen LogP contribution in [0.2, 0.25) is 5.02 Å². The number of nitrogens with zero attached hydrogens (tertiary/aromatic N) is 1. The lowest BCUT2D eigenvalue weighted by Crippen LogP contribution is -2.22. The van der Waals surface area contributed by atoms with Gasteiger partial charge in [0.25, 0.3) is 0 Å². The Labute approximate surface area is 117 Å². The van der Waals surface area contributed by atoms with Crippen molar-refractivity contribution in [2.45, 2.75) is 32.4 Å². The first-order chi connectivity index (χ1) is 9.22. The van der Waals surface area contributed by atoms with Gasteiger partial charge in [-0.3, -0.25) is 0 Å². The molecule has 1 unspecified atom stereocenters. The molecule has 1 heterocycles. The minimum Gasteiger partial charge on any atom is -0.361 e. The monoisotopic (exact) mass is 276 g/mol. The molecule has 1 N–H and O–H groups in total. The normalized spacial score (nSPS) is 16.5. The maximum absolute atomic E-state index is 5.94. The average Bonchev–Trinajstić information content (AvgIpc) is 3.15. The summed E-state index contributed by atoms with van der Waals surface area (Å²) in [7, 11) is 0. The largest absolute Gasteiger partial charge is 0.361 e. The molecule has 3 rings (SSSR count). The van der Waals surface area contributed by atoms with Gasteiger partial charge in [-0.2, -0.15) is 0 Å². The Bertz CT molecular complexity index is 546. The number of halogens is 1. The molecular weight excluding hydrogens is 260 g/mol. The molecule has 19 heavy (non-hydrogen) atoms. The van der Waals surface area contributed by atoms with E-state index in [0.29, 0.717) is 6.04 Å². The molecule has 3 nitrogen and oxygen atoms in total. The number of hydrogen-bond donors (Lipinski definition) is 1. The van der Waals surface area contributed by atoms with Crippen LogP contribution in [0, 0.1) is 12.8 Å². The van der Waals surface area contributed by atoms with E-state index in [4.69, 9.17) is 16.1 Å². The van der Waals surface area contributed by atoms with Crippen LogP contribution in [0.25, 0.3) is 0 Å². The molecule has 0 radical (unpaired) electrons. The van der Waals surface area contributed by atoms with Crippen molar-refractivity contribution in [1.82, 2.24) is 10.5 Å². The SMILES string of the molecule is Cc1cc(CNC(c2ccc(Cl)cc2)C2CC2)no1. The minimum absolute atomic E-state index is 0.384. The Morgan fingerprint density at radius 3 is 2.68 bits per heavy atom. The molecule has 1 aromatic carbocycles. The molecule has 0 saturated heterocycles. The van der Waals surface area contributed by atoms with Gasteiger partial charge in [0.2, 0.25) is 0 Å². The van der Waals surface area contributed by atoms with Gasteiger partial charge in [-0.25, -0.2) is 0 Å². The van der Waals surface area contributed by atoms with Gasteiger partial charge in [0.15, 0.2) is 0 Å². The summed E-state index contributed by atoms with van der Waals surface area (Å²) < 4.78 is 5.09. The second-order valence-electron chi connectivity index (χ2n) is 5.18. The first-order valence-electron chi connectivity index (χ1n) is 6.63. The molecule has 4 heteroatoms. The van der Waals surface area contributed by atoms with Crippen molar-refractivity contribution in [1.29, 1.82) is 0 Å². The number of aryl methyl sites for hydroxylation is 1. The zero-order valence-corrected chi connectivity index (χ0v) is 11.7. The summed E-state index contributed by atoms with van der Waals surface area (Å²) in [6.45, 7) is 2.65. The third-order valence-electron chi connectivity index (χ3n) is 3.50. The smallest absolute Gasteiger partial charge is 0.133 e. The highest BCUT2D eigenvalue weighted by Gasteiger charge is 2.32. The Morgan fingerprint density at radius 1 is 1.37 bits per heavy atom. The standard InChI is InChI=1S/C15H17ClN2O/c1-10-8-14(18-19-10)9-17-15(11-2-3-11)12-4-6-13(16)7-5-12/h4-8,11,15,17H,2-3,9H2,1H3. The zero-order chi connectivity index (χ0) is 13.2. The maximum Gasteiger partial charge on any atom is 0.133 e. The van der Waals surface area contributed by atoms with Crippen molar-refractivity contribution in [2.75, 3.05) is 0 Å². The van der Waals surface area contributed by atoms with E-state index in [1.807, 2.05) is 25.1 Å². The molecule has 2 aromatic rings. The van der Waals surface area contributed by atoms with Crippen LogP contribution in [-0.4, -0.2) is 5.16 Å². The summed E-state index contributed by atoms with van der Waals surface area (Å²) in [5.41, 5.74) is 2.25. The summed E-state index contributed by atoms with van der Waals surface area (Å²) in [6, 6.07) is 10.5. The molecule has 0 spiro atoms. The van der Waals surface area contributed by atoms with Crippen LogP contribution >= 0.6 is 11.6 Å². The third-order valence-corrected chi connectivity index (χ3v) is 3.75. The predicted octanol–water partition coefficient (Wildman–Crippen LogP) is 3.88. The van der Waals surface area contributed by atoms with E-state index in [9.17, 15) is 0 Å². The predicted molar refractivity (Wildman–Crippen MR) is 75.0 cm³/mol. The summed E-state index contributed by atoms with van der Waals surface area (Å²) in [6.07, 6.45) is 2.58. The fraction of sp³-hybridized carbons (Fsp3) is 0.400. The molecule has 1 fully saturated rings. The molecular formula is C15H17ClN2O. The average molecular weight is 277 g/mol. The summed E-state index contributed by atoms with van der Waals surface area (Å²) >= 11 is 5.94. The van der Waals surface area contributed by atoms with E-state index in [2.05, 4.69) is 22.6 Å². The number of rotatable bonds is 5. The van der Waals surface area contributed by atoms with E-state index in [1.165, 1.54) is 18.4 Å². The lowest BCUT2D eigenvalue weighted by molar-refractivity contribution is 0.383.